The SMILES string of the molecule is C=CC1=C(N=C)NC=CC1=C.CC. The summed E-state index contributed by atoms with van der Waals surface area (Å²) in [7, 11) is 0. The van der Waals surface area contributed by atoms with Crippen molar-refractivity contribution < 1.29 is 0 Å². The molecule has 0 fully saturated rings. The summed E-state index contributed by atoms with van der Waals surface area (Å²) in [5, 5.41) is 2.94. The highest BCUT2D eigenvalue weighted by Gasteiger charge is 2.05. The van der Waals surface area contributed by atoms with Crippen LogP contribution in [0.5, 0.6) is 0 Å². The molecule has 0 amide bonds. The van der Waals surface area contributed by atoms with E-state index in [1.54, 1.807) is 12.3 Å². The molecule has 0 radical (unpaired) electrons. The normalized spacial score (nSPS) is 14.2. The second-order valence-corrected chi connectivity index (χ2v) is 2.13. The molecule has 0 aromatic rings. The Bertz CT molecular complexity index is 270. The molecule has 0 saturated heterocycles. The fourth-order valence-electron chi connectivity index (χ4n) is 0.899. The molecule has 0 aromatic carbocycles. The predicted octanol–water partition coefficient (Wildman–Crippen LogP) is 2.78. The summed E-state index contributed by atoms with van der Waals surface area (Å²) in [5.41, 5.74) is 1.81. The number of hydrogen-bond donors (Lipinski definition) is 1. The summed E-state index contributed by atoms with van der Waals surface area (Å²) < 4.78 is 0. The van der Waals surface area contributed by atoms with Crippen LogP contribution in [0.15, 0.2) is 53.5 Å². The van der Waals surface area contributed by atoms with E-state index in [4.69, 9.17) is 0 Å². The number of aliphatic imine (C=N–C) groups is 1. The van der Waals surface area contributed by atoms with E-state index in [9.17, 15) is 0 Å². The lowest BCUT2D eigenvalue weighted by Gasteiger charge is -2.12. The van der Waals surface area contributed by atoms with Crippen LogP contribution in [0, 0.1) is 0 Å². The van der Waals surface area contributed by atoms with Gasteiger partial charge in [-0.1, -0.05) is 33.1 Å². The maximum absolute atomic E-state index is 3.82. The molecule has 0 spiro atoms. The molecule has 0 unspecified atom stereocenters. The Balaban J connectivity index is 0.000000671. The number of nitrogens with one attached hydrogen (secondary N) is 1. The van der Waals surface area contributed by atoms with Gasteiger partial charge in [0.1, 0.15) is 5.82 Å². The highest BCUT2D eigenvalue weighted by Crippen LogP contribution is 2.17. The maximum Gasteiger partial charge on any atom is 0.136 e. The monoisotopic (exact) mass is 176 g/mol. The first kappa shape index (κ1) is 11.4. The highest BCUT2D eigenvalue weighted by atomic mass is 15.0. The molecule has 2 heteroatoms. The Labute approximate surface area is 80.1 Å². The van der Waals surface area contributed by atoms with Crippen molar-refractivity contribution >= 4 is 6.72 Å². The fourth-order valence-corrected chi connectivity index (χ4v) is 0.899. The molecule has 2 nitrogen and oxygen atoms in total. The molecule has 0 aliphatic carbocycles. The summed E-state index contributed by atoms with van der Waals surface area (Å²) in [6.07, 6.45) is 5.36. The summed E-state index contributed by atoms with van der Waals surface area (Å²) in [4.78, 5) is 3.79. The smallest absolute Gasteiger partial charge is 0.136 e. The molecule has 1 rings (SSSR count). The van der Waals surface area contributed by atoms with E-state index in [0.717, 1.165) is 11.1 Å². The average molecular weight is 176 g/mol. The molecule has 1 N–H and O–H groups in total. The van der Waals surface area contributed by atoms with E-state index in [1.165, 1.54) is 0 Å². The molecular weight excluding hydrogens is 160 g/mol. The minimum absolute atomic E-state index is 0.715. The van der Waals surface area contributed by atoms with Crippen LogP contribution in [0.3, 0.4) is 0 Å². The molecule has 0 atom stereocenters. The van der Waals surface area contributed by atoms with Gasteiger partial charge < -0.3 is 5.32 Å². The van der Waals surface area contributed by atoms with Crippen molar-refractivity contribution in [3.05, 3.63) is 48.5 Å². The zero-order valence-electron chi connectivity index (χ0n) is 8.30. The highest BCUT2D eigenvalue weighted by molar-refractivity contribution is 5.50. The molecule has 1 heterocycles. The molecule has 1 aliphatic rings. The first-order chi connectivity index (χ1) is 6.29. The van der Waals surface area contributed by atoms with Crippen molar-refractivity contribution in [3.63, 3.8) is 0 Å². The van der Waals surface area contributed by atoms with Crippen molar-refractivity contribution in [2.75, 3.05) is 0 Å². The van der Waals surface area contributed by atoms with E-state index in [1.807, 2.05) is 19.9 Å². The summed E-state index contributed by atoms with van der Waals surface area (Å²) in [6.45, 7) is 14.9. The second-order valence-electron chi connectivity index (χ2n) is 2.13. The zero-order valence-corrected chi connectivity index (χ0v) is 8.30. The van der Waals surface area contributed by atoms with Crippen molar-refractivity contribution in [1.29, 1.82) is 0 Å². The van der Waals surface area contributed by atoms with Crippen LogP contribution in [0.25, 0.3) is 0 Å². The van der Waals surface area contributed by atoms with Crippen LogP contribution in [0.2, 0.25) is 0 Å². The fraction of sp³-hybridized carbons (Fsp3) is 0.182. The Morgan fingerprint density at radius 1 is 1.46 bits per heavy atom. The zero-order chi connectivity index (χ0) is 10.3. The molecule has 0 bridgehead atoms. The lowest BCUT2D eigenvalue weighted by Crippen LogP contribution is -2.10. The van der Waals surface area contributed by atoms with Crippen LogP contribution < -0.4 is 5.32 Å². The summed E-state index contributed by atoms with van der Waals surface area (Å²) >= 11 is 0. The van der Waals surface area contributed by atoms with E-state index >= 15 is 0 Å². The predicted molar refractivity (Wildman–Crippen MR) is 59.5 cm³/mol. The third-order valence-electron chi connectivity index (χ3n) is 1.47. The first-order valence-electron chi connectivity index (χ1n) is 4.25. The second kappa shape index (κ2) is 6.00. The first-order valence-corrected chi connectivity index (χ1v) is 4.25. The standard InChI is InChI=1S/C9H10N2.C2H6/c1-4-8-7(2)5-6-11-9(8)10-3;1-2/h4-6,11H,1-3H2;1-2H3. The number of rotatable bonds is 2. The number of hydrogen-bond acceptors (Lipinski definition) is 2. The Kier molecular flexibility index (Phi) is 5.28. The quantitative estimate of drug-likeness (QED) is 0.643. The van der Waals surface area contributed by atoms with E-state index in [0.29, 0.717) is 5.82 Å². The third-order valence-corrected chi connectivity index (χ3v) is 1.47. The Morgan fingerprint density at radius 2 is 2.08 bits per heavy atom. The van der Waals surface area contributed by atoms with Crippen LogP contribution in [-0.4, -0.2) is 6.72 Å². The van der Waals surface area contributed by atoms with Gasteiger partial charge >= 0.3 is 0 Å². The topological polar surface area (TPSA) is 24.4 Å². The maximum atomic E-state index is 3.82. The van der Waals surface area contributed by atoms with Crippen LogP contribution in [0.4, 0.5) is 0 Å². The van der Waals surface area contributed by atoms with Gasteiger partial charge in [-0.2, -0.15) is 0 Å². The van der Waals surface area contributed by atoms with Crippen molar-refractivity contribution in [3.8, 4) is 0 Å². The van der Waals surface area contributed by atoms with Gasteiger partial charge in [0.25, 0.3) is 0 Å². The van der Waals surface area contributed by atoms with Gasteiger partial charge in [-0.05, 0) is 18.4 Å². The lowest BCUT2D eigenvalue weighted by atomic mass is 10.1. The van der Waals surface area contributed by atoms with E-state index in [-0.39, 0.29) is 0 Å². The number of allylic oxidation sites excluding steroid dienone is 4. The van der Waals surface area contributed by atoms with E-state index in [2.05, 4.69) is 30.2 Å². The summed E-state index contributed by atoms with van der Waals surface area (Å²) in [6, 6.07) is 0. The molecule has 70 valence electrons. The largest absolute Gasteiger partial charge is 0.346 e. The van der Waals surface area contributed by atoms with Gasteiger partial charge in [0.15, 0.2) is 0 Å². The minimum Gasteiger partial charge on any atom is -0.346 e. The van der Waals surface area contributed by atoms with Gasteiger partial charge in [0.2, 0.25) is 0 Å². The number of nitrogens with zero attached hydrogens (tertiary/aromatic N) is 1. The molecule has 13 heavy (non-hydrogen) atoms. The van der Waals surface area contributed by atoms with Crippen molar-refractivity contribution in [2.45, 2.75) is 13.8 Å². The lowest BCUT2D eigenvalue weighted by molar-refractivity contribution is 0.995. The molecule has 1 aliphatic heterocycles. The Morgan fingerprint density at radius 3 is 2.46 bits per heavy atom. The minimum atomic E-state index is 0.715. The van der Waals surface area contributed by atoms with Crippen LogP contribution >= 0.6 is 0 Å². The molecule has 0 saturated carbocycles. The van der Waals surface area contributed by atoms with Crippen molar-refractivity contribution in [1.82, 2.24) is 5.32 Å². The van der Waals surface area contributed by atoms with Gasteiger partial charge in [0, 0.05) is 11.8 Å². The van der Waals surface area contributed by atoms with Gasteiger partial charge in [-0.25, -0.2) is 4.99 Å². The van der Waals surface area contributed by atoms with Crippen LogP contribution in [-0.2, 0) is 0 Å². The average Bonchev–Trinajstić information content (AvgIpc) is 2.20. The molecular formula is C11H16N2. The molecule has 0 aromatic heterocycles. The third kappa shape index (κ3) is 2.75. The van der Waals surface area contributed by atoms with Crippen LogP contribution in [0.1, 0.15) is 13.8 Å². The van der Waals surface area contributed by atoms with Gasteiger partial charge in [-0.15, -0.1) is 0 Å². The summed E-state index contributed by atoms with van der Waals surface area (Å²) in [5.74, 6) is 0.715. The van der Waals surface area contributed by atoms with Gasteiger partial charge in [-0.3, -0.25) is 0 Å². The van der Waals surface area contributed by atoms with Crippen molar-refractivity contribution in [2.24, 2.45) is 4.99 Å². The van der Waals surface area contributed by atoms with E-state index < -0.39 is 0 Å². The number of dihydropyridines is 1. The van der Waals surface area contributed by atoms with Gasteiger partial charge in [0.05, 0.1) is 0 Å². The Hall–Kier alpha value is -1.57.